The molecule has 3 aliphatic carbocycles. The minimum Gasteiger partial charge on any atom is -0.508 e. The number of nitrogens with two attached hydrogens (primary N) is 1. The van der Waals surface area contributed by atoms with E-state index in [4.69, 9.17) is 5.73 Å². The van der Waals surface area contributed by atoms with Gasteiger partial charge in [-0.1, -0.05) is 0 Å². The highest BCUT2D eigenvalue weighted by Crippen LogP contribution is 2.53. The van der Waals surface area contributed by atoms with E-state index in [1.165, 1.54) is 26.0 Å². The molecule has 0 bridgehead atoms. The Bertz CT molecular complexity index is 1450. The van der Waals surface area contributed by atoms with Crippen LogP contribution in [0.4, 0.5) is 10.1 Å². The highest BCUT2D eigenvalue weighted by atomic mass is 19.1. The van der Waals surface area contributed by atoms with Crippen molar-refractivity contribution in [2.75, 3.05) is 45.7 Å². The summed E-state index contributed by atoms with van der Waals surface area (Å²) >= 11 is 0. The Morgan fingerprint density at radius 1 is 1.15 bits per heavy atom. The largest absolute Gasteiger partial charge is 0.508 e. The Kier molecular flexibility index (Phi) is 6.95. The fourth-order valence-electron chi connectivity index (χ4n) is 6.88. The van der Waals surface area contributed by atoms with Crippen molar-refractivity contribution >= 4 is 34.8 Å². The van der Waals surface area contributed by atoms with Crippen LogP contribution in [0.5, 0.6) is 5.75 Å². The molecule has 0 spiro atoms. The maximum absolute atomic E-state index is 15.6. The number of carbonyl (C=O) groups excluding carboxylic acids is 4. The van der Waals surface area contributed by atoms with Gasteiger partial charge in [0.15, 0.2) is 17.1 Å². The highest BCUT2D eigenvalue weighted by Gasteiger charge is 2.64. The van der Waals surface area contributed by atoms with Gasteiger partial charge in [0.05, 0.1) is 23.8 Å². The predicted octanol–water partition coefficient (Wildman–Crippen LogP) is 0.162. The molecular weight excluding hydrogens is 539 g/mol. The Hall–Kier alpha value is -3.81. The minimum absolute atomic E-state index is 0.0519. The molecule has 2 amide bonds. The van der Waals surface area contributed by atoms with E-state index in [0.29, 0.717) is 0 Å². The van der Waals surface area contributed by atoms with Gasteiger partial charge >= 0.3 is 0 Å². The Labute approximate surface area is 235 Å². The van der Waals surface area contributed by atoms with Crippen molar-refractivity contribution in [3.63, 3.8) is 0 Å². The molecule has 1 aromatic carbocycles. The molecule has 1 aromatic rings. The summed E-state index contributed by atoms with van der Waals surface area (Å²) in [5.41, 5.74) is 0.502. The number of rotatable bonds is 5. The molecule has 0 aromatic heterocycles. The SMILES string of the molecule is CN(C(=O)CN1CCCC1)c1cc(F)c2c(c1O)C(O)=C1C(=O)[C@]3(O)C(O)=C(C(N)=O)C(=O)[C@@H](N(C)C)[C@@H]3C[C@@H]1C2. The van der Waals surface area contributed by atoms with E-state index < -0.39 is 86.7 Å². The molecule has 41 heavy (non-hydrogen) atoms. The van der Waals surface area contributed by atoms with Crippen LogP contribution in [0.3, 0.4) is 0 Å². The van der Waals surface area contributed by atoms with Gasteiger partial charge in [-0.05, 0) is 58.8 Å². The van der Waals surface area contributed by atoms with E-state index in [1.54, 1.807) is 0 Å². The van der Waals surface area contributed by atoms with Crippen molar-refractivity contribution in [1.29, 1.82) is 0 Å². The number of hydrogen-bond donors (Lipinski definition) is 5. The van der Waals surface area contributed by atoms with Gasteiger partial charge in [0.2, 0.25) is 11.7 Å². The molecular formula is C28H33FN4O8. The number of anilines is 1. The van der Waals surface area contributed by atoms with Crippen LogP contribution in [0.25, 0.3) is 5.76 Å². The van der Waals surface area contributed by atoms with Gasteiger partial charge in [-0.25, -0.2) is 4.39 Å². The van der Waals surface area contributed by atoms with Gasteiger partial charge in [-0.3, -0.25) is 29.0 Å². The zero-order valence-corrected chi connectivity index (χ0v) is 23.0. The van der Waals surface area contributed by atoms with E-state index >= 15 is 4.39 Å². The van der Waals surface area contributed by atoms with Crippen LogP contribution in [0.15, 0.2) is 23.0 Å². The number of amides is 2. The van der Waals surface area contributed by atoms with Gasteiger partial charge < -0.3 is 31.1 Å². The number of fused-ring (bicyclic) bond motifs is 3. The summed E-state index contributed by atoms with van der Waals surface area (Å²) in [7, 11) is 4.35. The van der Waals surface area contributed by atoms with Crippen LogP contribution < -0.4 is 10.6 Å². The molecule has 6 N–H and O–H groups in total. The second-order valence-corrected chi connectivity index (χ2v) is 11.5. The summed E-state index contributed by atoms with van der Waals surface area (Å²) in [5.74, 6) is -9.44. The lowest BCUT2D eigenvalue weighted by Gasteiger charge is -2.50. The van der Waals surface area contributed by atoms with E-state index in [9.17, 15) is 39.6 Å². The second-order valence-electron chi connectivity index (χ2n) is 11.5. The first kappa shape index (κ1) is 28.7. The van der Waals surface area contributed by atoms with Crippen molar-refractivity contribution < 1.29 is 44.0 Å². The second kappa shape index (κ2) is 9.93. The Morgan fingerprint density at radius 3 is 2.37 bits per heavy atom. The number of phenolic OH excluding ortho intramolecular Hbond substituents is 1. The summed E-state index contributed by atoms with van der Waals surface area (Å²) in [4.78, 5) is 56.5. The van der Waals surface area contributed by atoms with Gasteiger partial charge in [-0.2, -0.15) is 0 Å². The van der Waals surface area contributed by atoms with Crippen molar-refractivity contribution in [3.8, 4) is 5.75 Å². The number of carbonyl (C=O) groups is 4. The van der Waals surface area contributed by atoms with Crippen molar-refractivity contribution in [2.45, 2.75) is 37.3 Å². The molecule has 1 saturated heterocycles. The molecule has 2 fully saturated rings. The Balaban J connectivity index is 1.62. The van der Waals surface area contributed by atoms with Crippen LogP contribution in [0, 0.1) is 17.7 Å². The quantitative estimate of drug-likeness (QED) is 0.305. The van der Waals surface area contributed by atoms with Crippen LogP contribution in [0.2, 0.25) is 0 Å². The summed E-state index contributed by atoms with van der Waals surface area (Å²) in [6.07, 6.45) is 1.57. The third kappa shape index (κ3) is 4.13. The first-order chi connectivity index (χ1) is 19.2. The third-order valence-corrected chi connectivity index (χ3v) is 8.94. The number of benzene rings is 1. The number of likely N-dealkylation sites (tertiary alicyclic amines) is 1. The first-order valence-corrected chi connectivity index (χ1v) is 13.4. The van der Waals surface area contributed by atoms with E-state index in [-0.39, 0.29) is 30.6 Å². The maximum Gasteiger partial charge on any atom is 0.255 e. The average molecular weight is 573 g/mol. The minimum atomic E-state index is -2.79. The smallest absolute Gasteiger partial charge is 0.255 e. The number of aliphatic hydroxyl groups is 3. The van der Waals surface area contributed by atoms with Crippen LogP contribution in [-0.2, 0) is 25.6 Å². The molecule has 4 aliphatic rings. The molecule has 0 radical (unpaired) electrons. The number of hydrogen-bond acceptors (Lipinski definition) is 10. The van der Waals surface area contributed by atoms with Crippen molar-refractivity contribution in [3.05, 3.63) is 39.9 Å². The van der Waals surface area contributed by atoms with Gasteiger partial charge in [-0.15, -0.1) is 0 Å². The fourth-order valence-corrected chi connectivity index (χ4v) is 6.88. The molecule has 13 heteroatoms. The van der Waals surface area contributed by atoms with Gasteiger partial charge in [0, 0.05) is 30.2 Å². The topological polar surface area (TPSA) is 185 Å². The molecule has 1 heterocycles. The summed E-state index contributed by atoms with van der Waals surface area (Å²) < 4.78 is 15.6. The molecule has 0 unspecified atom stereocenters. The lowest BCUT2D eigenvalue weighted by molar-refractivity contribution is -0.153. The van der Waals surface area contributed by atoms with Gasteiger partial charge in [0.1, 0.15) is 22.9 Å². The molecule has 220 valence electrons. The number of primary amides is 1. The highest BCUT2D eigenvalue weighted by molar-refractivity contribution is 6.24. The van der Waals surface area contributed by atoms with Crippen molar-refractivity contribution in [2.24, 2.45) is 17.6 Å². The van der Waals surface area contributed by atoms with E-state index in [2.05, 4.69) is 0 Å². The normalized spacial score (nSPS) is 28.1. The molecule has 4 atom stereocenters. The number of nitrogens with zero attached hydrogens (tertiary/aromatic N) is 3. The number of likely N-dealkylation sites (N-methyl/N-ethyl adjacent to an activating group) is 2. The summed E-state index contributed by atoms with van der Waals surface area (Å²) in [5, 5.41) is 45.1. The van der Waals surface area contributed by atoms with Crippen LogP contribution in [-0.4, -0.2) is 106 Å². The molecule has 5 rings (SSSR count). The third-order valence-electron chi connectivity index (χ3n) is 8.94. The van der Waals surface area contributed by atoms with E-state index in [0.717, 1.165) is 36.9 Å². The fraction of sp³-hybridized carbons (Fsp3) is 0.500. The molecule has 1 saturated carbocycles. The number of phenols is 1. The number of Topliss-reactive ketones (excluding diaryl/α,β-unsaturated/α-hetero) is 2. The Morgan fingerprint density at radius 2 is 1.78 bits per heavy atom. The standard InChI is InChI=1S/C28H33FN4O8/c1-31(2)21-14-9-12-8-13-15(29)10-16(32(3)17(34)11-33-6-4-5-7-33)22(35)19(13)23(36)18(12)25(38)28(14,41)26(39)20(24(21)37)27(30)40/h10,12,14,21,35-36,39,41H,4-9,11H2,1-3H3,(H2,30,40)/t12-,14-,21-,28-/m0/s1. The number of aromatic hydroxyl groups is 1. The lowest BCUT2D eigenvalue weighted by atomic mass is 9.57. The number of halogens is 1. The first-order valence-electron chi connectivity index (χ1n) is 13.4. The molecule has 12 nitrogen and oxygen atoms in total. The monoisotopic (exact) mass is 572 g/mol. The van der Waals surface area contributed by atoms with Gasteiger partial charge in [0.25, 0.3) is 5.91 Å². The average Bonchev–Trinajstić information content (AvgIpc) is 3.40. The maximum atomic E-state index is 15.6. The number of ketones is 2. The van der Waals surface area contributed by atoms with Crippen LogP contribution in [0.1, 0.15) is 30.4 Å². The van der Waals surface area contributed by atoms with E-state index in [1.807, 2.05) is 4.90 Å². The summed E-state index contributed by atoms with van der Waals surface area (Å²) in [6.45, 7) is 1.53. The van der Waals surface area contributed by atoms with Crippen LogP contribution >= 0.6 is 0 Å². The lowest BCUT2D eigenvalue weighted by Crippen LogP contribution is -2.65. The summed E-state index contributed by atoms with van der Waals surface area (Å²) in [6, 6.07) is -0.237. The molecule has 1 aliphatic heterocycles. The number of aliphatic hydroxyl groups excluding tert-OH is 2. The van der Waals surface area contributed by atoms with Crippen molar-refractivity contribution in [1.82, 2.24) is 9.80 Å². The zero-order chi connectivity index (χ0) is 30.1. The zero-order valence-electron chi connectivity index (χ0n) is 23.0. The predicted molar refractivity (Wildman–Crippen MR) is 143 cm³/mol.